The second-order valence-electron chi connectivity index (χ2n) is 4.73. The zero-order valence-corrected chi connectivity index (χ0v) is 11.2. The van der Waals surface area contributed by atoms with Crippen molar-refractivity contribution in [3.63, 3.8) is 0 Å². The van der Waals surface area contributed by atoms with Gasteiger partial charge in [-0.25, -0.2) is 0 Å². The summed E-state index contributed by atoms with van der Waals surface area (Å²) in [6.07, 6.45) is 4.04. The summed E-state index contributed by atoms with van der Waals surface area (Å²) in [7, 11) is 0. The molecule has 3 unspecified atom stereocenters. The average Bonchev–Trinajstić information content (AvgIpc) is 3.24. The van der Waals surface area contributed by atoms with E-state index in [9.17, 15) is 0 Å². The molecule has 0 aromatic heterocycles. The fourth-order valence-electron chi connectivity index (χ4n) is 1.36. The SMILES string of the molecule is C(OCC1CO1)C1CO1.CCC(O)CCCCO. The summed E-state index contributed by atoms with van der Waals surface area (Å²) in [5.74, 6) is 0. The fourth-order valence-corrected chi connectivity index (χ4v) is 1.36. The molecule has 5 heteroatoms. The van der Waals surface area contributed by atoms with Crippen molar-refractivity contribution in [3.8, 4) is 0 Å². The minimum atomic E-state index is -0.156. The number of hydrogen-bond donors (Lipinski definition) is 2. The van der Waals surface area contributed by atoms with Crippen LogP contribution in [0.1, 0.15) is 32.6 Å². The van der Waals surface area contributed by atoms with Crippen LogP contribution >= 0.6 is 0 Å². The number of aliphatic hydroxyl groups excluding tert-OH is 2. The first-order valence-corrected chi connectivity index (χ1v) is 6.86. The first kappa shape index (κ1) is 15.9. The van der Waals surface area contributed by atoms with Crippen molar-refractivity contribution < 1.29 is 24.4 Å². The van der Waals surface area contributed by atoms with E-state index in [4.69, 9.17) is 24.4 Å². The van der Waals surface area contributed by atoms with Crippen molar-refractivity contribution in [2.24, 2.45) is 0 Å². The van der Waals surface area contributed by atoms with Crippen molar-refractivity contribution in [3.05, 3.63) is 0 Å². The van der Waals surface area contributed by atoms with Crippen LogP contribution in [0.4, 0.5) is 0 Å². The van der Waals surface area contributed by atoms with Gasteiger partial charge in [0.2, 0.25) is 0 Å². The highest BCUT2D eigenvalue weighted by Crippen LogP contribution is 2.12. The molecule has 0 bridgehead atoms. The van der Waals surface area contributed by atoms with E-state index in [0.717, 1.165) is 52.1 Å². The van der Waals surface area contributed by atoms with E-state index in [1.165, 1.54) is 0 Å². The molecule has 0 amide bonds. The van der Waals surface area contributed by atoms with Gasteiger partial charge in [-0.3, -0.25) is 0 Å². The third-order valence-corrected chi connectivity index (χ3v) is 2.83. The van der Waals surface area contributed by atoms with Crippen molar-refractivity contribution in [2.75, 3.05) is 33.0 Å². The molecule has 3 atom stereocenters. The zero-order valence-electron chi connectivity index (χ0n) is 11.2. The number of unbranched alkanes of at least 4 members (excludes halogenated alkanes) is 1. The van der Waals surface area contributed by atoms with Crippen LogP contribution in [0.15, 0.2) is 0 Å². The van der Waals surface area contributed by atoms with Crippen LogP contribution < -0.4 is 0 Å². The highest BCUT2D eigenvalue weighted by molar-refractivity contribution is 4.71. The molecule has 0 saturated carbocycles. The Labute approximate surface area is 109 Å². The molecule has 0 spiro atoms. The Morgan fingerprint density at radius 3 is 2.11 bits per heavy atom. The summed E-state index contributed by atoms with van der Waals surface area (Å²) in [5.41, 5.74) is 0. The second kappa shape index (κ2) is 9.69. The average molecular weight is 262 g/mol. The maximum absolute atomic E-state index is 9.00. The third-order valence-electron chi connectivity index (χ3n) is 2.83. The number of aliphatic hydroxyl groups is 2. The van der Waals surface area contributed by atoms with Crippen LogP contribution in [0.5, 0.6) is 0 Å². The Hall–Kier alpha value is -0.200. The van der Waals surface area contributed by atoms with Crippen LogP contribution in [0, 0.1) is 0 Å². The largest absolute Gasteiger partial charge is 0.396 e. The first-order valence-electron chi connectivity index (χ1n) is 6.86. The summed E-state index contributed by atoms with van der Waals surface area (Å²) < 4.78 is 15.1. The van der Waals surface area contributed by atoms with Gasteiger partial charge in [0.15, 0.2) is 0 Å². The minimum Gasteiger partial charge on any atom is -0.396 e. The Balaban J connectivity index is 0.000000180. The summed E-state index contributed by atoms with van der Waals surface area (Å²) in [6.45, 7) is 5.47. The van der Waals surface area contributed by atoms with Gasteiger partial charge in [-0.2, -0.15) is 0 Å². The van der Waals surface area contributed by atoms with Crippen molar-refractivity contribution >= 4 is 0 Å². The molecule has 108 valence electrons. The molecule has 2 fully saturated rings. The molecular weight excluding hydrogens is 236 g/mol. The highest BCUT2D eigenvalue weighted by Gasteiger charge is 2.26. The van der Waals surface area contributed by atoms with E-state index in [1.807, 2.05) is 6.92 Å². The molecule has 0 radical (unpaired) electrons. The Kier molecular flexibility index (Phi) is 8.54. The molecule has 2 N–H and O–H groups in total. The standard InChI is InChI=1S/C7H16O2.C6H10O3/c1-2-7(9)5-3-4-6-8;1(5-3-8-5)7-2-6-4-9-6/h7-9H,2-6H2,1H3;5-6H,1-4H2. The smallest absolute Gasteiger partial charge is 0.104 e. The zero-order chi connectivity index (χ0) is 13.2. The summed E-state index contributed by atoms with van der Waals surface area (Å²) in [5, 5.41) is 17.4. The number of epoxide rings is 2. The Bertz CT molecular complexity index is 180. The van der Waals surface area contributed by atoms with E-state index in [-0.39, 0.29) is 12.7 Å². The molecule has 2 heterocycles. The maximum atomic E-state index is 9.00. The molecule has 0 aromatic rings. The molecule has 2 aliphatic rings. The van der Waals surface area contributed by atoms with Crippen LogP contribution in [0.2, 0.25) is 0 Å². The number of hydrogen-bond acceptors (Lipinski definition) is 5. The van der Waals surface area contributed by atoms with Crippen LogP contribution in [0.3, 0.4) is 0 Å². The predicted octanol–water partition coefficient (Wildman–Crippen LogP) is 0.720. The van der Waals surface area contributed by atoms with Gasteiger partial charge in [0.25, 0.3) is 0 Å². The second-order valence-corrected chi connectivity index (χ2v) is 4.73. The van der Waals surface area contributed by atoms with Gasteiger partial charge < -0.3 is 24.4 Å². The number of ether oxygens (including phenoxy) is 3. The number of rotatable bonds is 9. The monoisotopic (exact) mass is 262 g/mol. The van der Waals surface area contributed by atoms with Gasteiger partial charge >= 0.3 is 0 Å². The highest BCUT2D eigenvalue weighted by atomic mass is 16.6. The van der Waals surface area contributed by atoms with E-state index in [1.54, 1.807) is 0 Å². The topological polar surface area (TPSA) is 74.8 Å². The lowest BCUT2D eigenvalue weighted by Gasteiger charge is -2.04. The van der Waals surface area contributed by atoms with Crippen molar-refractivity contribution in [2.45, 2.75) is 50.9 Å². The normalized spacial score (nSPS) is 26.2. The quantitative estimate of drug-likeness (QED) is 0.473. The molecule has 2 saturated heterocycles. The molecule has 0 aliphatic carbocycles. The summed E-state index contributed by atoms with van der Waals surface area (Å²) in [6, 6.07) is 0. The fraction of sp³-hybridized carbons (Fsp3) is 1.00. The Morgan fingerprint density at radius 2 is 1.72 bits per heavy atom. The van der Waals surface area contributed by atoms with Gasteiger partial charge in [-0.1, -0.05) is 6.92 Å². The van der Waals surface area contributed by atoms with Crippen molar-refractivity contribution in [1.29, 1.82) is 0 Å². The van der Waals surface area contributed by atoms with Crippen LogP contribution in [-0.4, -0.2) is 61.6 Å². The molecule has 2 aliphatic heterocycles. The van der Waals surface area contributed by atoms with Gasteiger partial charge in [0.1, 0.15) is 12.2 Å². The summed E-state index contributed by atoms with van der Waals surface area (Å²) in [4.78, 5) is 0. The van der Waals surface area contributed by atoms with Crippen molar-refractivity contribution in [1.82, 2.24) is 0 Å². The predicted molar refractivity (Wildman–Crippen MR) is 67.5 cm³/mol. The lowest BCUT2D eigenvalue weighted by molar-refractivity contribution is 0.102. The van der Waals surface area contributed by atoms with E-state index in [0.29, 0.717) is 12.2 Å². The molecule has 0 aromatic carbocycles. The van der Waals surface area contributed by atoms with Gasteiger partial charge in [0.05, 0.1) is 32.5 Å². The van der Waals surface area contributed by atoms with Gasteiger partial charge in [-0.15, -0.1) is 0 Å². The van der Waals surface area contributed by atoms with E-state index in [2.05, 4.69) is 0 Å². The lowest BCUT2D eigenvalue weighted by atomic mass is 10.1. The Morgan fingerprint density at radius 1 is 1.17 bits per heavy atom. The van der Waals surface area contributed by atoms with E-state index >= 15 is 0 Å². The summed E-state index contributed by atoms with van der Waals surface area (Å²) >= 11 is 0. The third kappa shape index (κ3) is 9.79. The molecule has 5 nitrogen and oxygen atoms in total. The molecule has 2 rings (SSSR count). The maximum Gasteiger partial charge on any atom is 0.104 e. The van der Waals surface area contributed by atoms with E-state index < -0.39 is 0 Å². The minimum absolute atomic E-state index is 0.156. The van der Waals surface area contributed by atoms with Crippen LogP contribution in [0.25, 0.3) is 0 Å². The van der Waals surface area contributed by atoms with Gasteiger partial charge in [-0.05, 0) is 25.7 Å². The van der Waals surface area contributed by atoms with Crippen LogP contribution in [-0.2, 0) is 14.2 Å². The molecular formula is C13H26O5. The molecule has 18 heavy (non-hydrogen) atoms. The first-order chi connectivity index (χ1) is 8.76. The lowest BCUT2D eigenvalue weighted by Crippen LogP contribution is -2.06. The van der Waals surface area contributed by atoms with Gasteiger partial charge in [0, 0.05) is 6.61 Å².